The Labute approximate surface area is 277 Å². The monoisotopic (exact) mass is 647 g/mol. The molecule has 0 unspecified atom stereocenters. The second-order valence-electron chi connectivity index (χ2n) is 12.5. The van der Waals surface area contributed by atoms with E-state index in [-0.39, 0.29) is 23.8 Å². The number of carbonyl (C=O) groups excluding carboxylic acids is 2. The molecule has 2 aliphatic heterocycles. The molecule has 7 rings (SSSR count). The van der Waals surface area contributed by atoms with Crippen LogP contribution in [0.5, 0.6) is 5.75 Å². The fraction of sp³-hybridized carbons (Fsp3) is 0.237. The van der Waals surface area contributed by atoms with Crippen LogP contribution in [0, 0.1) is 12.7 Å². The second kappa shape index (κ2) is 12.3. The third-order valence-electron chi connectivity index (χ3n) is 9.62. The van der Waals surface area contributed by atoms with Crippen molar-refractivity contribution in [2.45, 2.75) is 32.4 Å². The Morgan fingerprint density at radius 3 is 2.44 bits per heavy atom. The Bertz CT molecular complexity index is 2060. The number of hydrogen-bond acceptors (Lipinski definition) is 5. The number of benzene rings is 3. The fourth-order valence-corrected chi connectivity index (χ4v) is 6.85. The van der Waals surface area contributed by atoms with Gasteiger partial charge in [-0.15, -0.1) is 0 Å². The fourth-order valence-electron chi connectivity index (χ4n) is 6.85. The van der Waals surface area contributed by atoms with E-state index in [0.717, 1.165) is 35.5 Å². The molecule has 2 amide bonds. The first-order chi connectivity index (χ1) is 23.1. The van der Waals surface area contributed by atoms with Gasteiger partial charge in [0.15, 0.2) is 0 Å². The van der Waals surface area contributed by atoms with Gasteiger partial charge in [0, 0.05) is 55.4 Å². The maximum Gasteiger partial charge on any atom is 0.264 e. The molecular formula is C38H35F2N5O3. The van der Waals surface area contributed by atoms with Crippen LogP contribution >= 0.6 is 0 Å². The lowest BCUT2D eigenvalue weighted by atomic mass is 9.93. The highest BCUT2D eigenvalue weighted by Gasteiger charge is 2.33. The summed E-state index contributed by atoms with van der Waals surface area (Å²) in [4.78, 5) is 38.5. The van der Waals surface area contributed by atoms with Crippen molar-refractivity contribution in [3.63, 3.8) is 0 Å². The van der Waals surface area contributed by atoms with Crippen molar-refractivity contribution in [2.24, 2.45) is 7.05 Å². The Balaban J connectivity index is 1.30. The van der Waals surface area contributed by atoms with Crippen LogP contribution in [-0.4, -0.2) is 57.7 Å². The number of rotatable bonds is 6. The average molecular weight is 648 g/mol. The van der Waals surface area contributed by atoms with Crippen molar-refractivity contribution in [1.29, 1.82) is 0 Å². The molecule has 48 heavy (non-hydrogen) atoms. The van der Waals surface area contributed by atoms with Gasteiger partial charge in [0.25, 0.3) is 11.8 Å². The summed E-state index contributed by atoms with van der Waals surface area (Å²) in [6, 6.07) is 21.0. The summed E-state index contributed by atoms with van der Waals surface area (Å²) in [6.45, 7) is 2.15. The zero-order valence-electron chi connectivity index (χ0n) is 27.0. The molecule has 0 saturated heterocycles. The highest BCUT2D eigenvalue weighted by Crippen LogP contribution is 2.37. The molecule has 0 spiro atoms. The number of carbonyl (C=O) groups is 2. The largest absolute Gasteiger partial charge is 0.508 e. The maximum absolute atomic E-state index is 14.9. The predicted molar refractivity (Wildman–Crippen MR) is 181 cm³/mol. The third-order valence-corrected chi connectivity index (χ3v) is 9.62. The third kappa shape index (κ3) is 5.36. The summed E-state index contributed by atoms with van der Waals surface area (Å²) in [5.74, 6) is -0.380. The van der Waals surface area contributed by atoms with Crippen molar-refractivity contribution in [3.05, 3.63) is 124 Å². The minimum absolute atomic E-state index is 0.0634. The SMILES string of the molecule is Cc1c(C(=O)N(c2ccc(O)cc2)c2cnc3c(c2)CCN3C)cc(-c2cc(F)ccc2C(=O)N2Cc3ccccc3C[C@H]2CF)n1C. The van der Waals surface area contributed by atoms with E-state index in [2.05, 4.69) is 9.88 Å². The molecule has 2 aliphatic rings. The number of likely N-dealkylation sites (N-methyl/N-ethyl adjacent to an activating group) is 1. The molecule has 8 nitrogen and oxygen atoms in total. The first-order valence-corrected chi connectivity index (χ1v) is 15.9. The lowest BCUT2D eigenvalue weighted by Crippen LogP contribution is -2.45. The molecule has 5 aromatic rings. The van der Waals surface area contributed by atoms with Gasteiger partial charge in [0.05, 0.1) is 23.5 Å². The topological polar surface area (TPSA) is 81.9 Å². The van der Waals surface area contributed by atoms with Gasteiger partial charge in [-0.25, -0.2) is 13.8 Å². The number of alkyl halides is 1. The average Bonchev–Trinajstić information content (AvgIpc) is 3.62. The van der Waals surface area contributed by atoms with Gasteiger partial charge < -0.3 is 19.5 Å². The van der Waals surface area contributed by atoms with E-state index >= 15 is 0 Å². The number of phenolic OH excluding ortho intramolecular Hbond substituents is 1. The summed E-state index contributed by atoms with van der Waals surface area (Å²) >= 11 is 0. The Morgan fingerprint density at radius 1 is 0.938 bits per heavy atom. The van der Waals surface area contributed by atoms with Crippen LogP contribution in [-0.2, 0) is 26.4 Å². The molecule has 0 bridgehead atoms. The van der Waals surface area contributed by atoms with E-state index in [0.29, 0.717) is 40.3 Å². The van der Waals surface area contributed by atoms with Gasteiger partial charge >= 0.3 is 0 Å². The number of anilines is 3. The first-order valence-electron chi connectivity index (χ1n) is 15.9. The minimum atomic E-state index is -0.709. The normalized spacial score (nSPS) is 15.3. The number of nitrogens with zero attached hydrogens (tertiary/aromatic N) is 5. The Kier molecular flexibility index (Phi) is 7.94. The van der Waals surface area contributed by atoms with Crippen LogP contribution in [0.15, 0.2) is 85.1 Å². The van der Waals surface area contributed by atoms with E-state index < -0.39 is 24.4 Å². The maximum atomic E-state index is 14.9. The van der Waals surface area contributed by atoms with Gasteiger partial charge in [-0.05, 0) is 91.1 Å². The molecule has 3 aromatic carbocycles. The summed E-state index contributed by atoms with van der Waals surface area (Å²) in [5, 5.41) is 9.99. The summed E-state index contributed by atoms with van der Waals surface area (Å²) in [6.07, 6.45) is 2.84. The molecule has 244 valence electrons. The summed E-state index contributed by atoms with van der Waals surface area (Å²) in [7, 11) is 3.74. The number of halogens is 2. The van der Waals surface area contributed by atoms with Crippen LogP contribution < -0.4 is 9.80 Å². The predicted octanol–water partition coefficient (Wildman–Crippen LogP) is 6.75. The van der Waals surface area contributed by atoms with Gasteiger partial charge in [-0.2, -0.15) is 0 Å². The van der Waals surface area contributed by atoms with Gasteiger partial charge in [-0.3, -0.25) is 14.5 Å². The molecule has 0 aliphatic carbocycles. The summed E-state index contributed by atoms with van der Waals surface area (Å²) < 4.78 is 31.0. The highest BCUT2D eigenvalue weighted by atomic mass is 19.1. The molecule has 2 aromatic heterocycles. The quantitative estimate of drug-likeness (QED) is 0.221. The van der Waals surface area contributed by atoms with Crippen LogP contribution in [0.2, 0.25) is 0 Å². The molecular weight excluding hydrogens is 612 g/mol. The molecule has 1 N–H and O–H groups in total. The van der Waals surface area contributed by atoms with Gasteiger partial charge in [-0.1, -0.05) is 24.3 Å². The number of aromatic hydroxyl groups is 1. The molecule has 1 atom stereocenters. The van der Waals surface area contributed by atoms with Crippen molar-refractivity contribution < 1.29 is 23.5 Å². The summed E-state index contributed by atoms with van der Waals surface area (Å²) in [5.41, 5.74) is 6.00. The number of aromatic nitrogens is 2. The van der Waals surface area contributed by atoms with Crippen molar-refractivity contribution in [3.8, 4) is 17.0 Å². The minimum Gasteiger partial charge on any atom is -0.508 e. The van der Waals surface area contributed by atoms with Crippen LogP contribution in [0.1, 0.15) is 43.1 Å². The number of fused-ring (bicyclic) bond motifs is 2. The van der Waals surface area contributed by atoms with Crippen LogP contribution in [0.3, 0.4) is 0 Å². The number of amides is 2. The smallest absolute Gasteiger partial charge is 0.264 e. The number of phenols is 1. The molecule has 0 fully saturated rings. The Hall–Kier alpha value is -5.51. The zero-order chi connectivity index (χ0) is 33.7. The van der Waals surface area contributed by atoms with Gasteiger partial charge in [0.2, 0.25) is 0 Å². The number of pyridine rings is 1. The standard InChI is InChI=1S/C38H35F2N5O3/c1-23-33(38(48)45(28-9-11-31(46)12-10-28)30-17-25-14-15-42(2)36(25)41-21-30)19-35(43(23)3)34-18-27(40)8-13-32(34)37(47)44-22-26-7-5-4-6-24(26)16-29(44)20-39/h4-13,17-19,21,29,46H,14-16,20,22H2,1-3H3/t29-/m0/s1. The second-order valence-corrected chi connectivity index (χ2v) is 12.5. The van der Waals surface area contributed by atoms with Crippen molar-refractivity contribution in [2.75, 3.05) is 30.1 Å². The first kappa shape index (κ1) is 31.1. The van der Waals surface area contributed by atoms with E-state index in [4.69, 9.17) is 0 Å². The van der Waals surface area contributed by atoms with Crippen molar-refractivity contribution >= 4 is 29.0 Å². The zero-order valence-corrected chi connectivity index (χ0v) is 27.0. The van der Waals surface area contributed by atoms with Gasteiger partial charge in [0.1, 0.15) is 24.1 Å². The lowest BCUT2D eigenvalue weighted by molar-refractivity contribution is 0.0606. The molecule has 10 heteroatoms. The van der Waals surface area contributed by atoms with E-state index in [1.807, 2.05) is 37.4 Å². The Morgan fingerprint density at radius 2 is 1.69 bits per heavy atom. The van der Waals surface area contributed by atoms with Crippen LogP contribution in [0.4, 0.5) is 26.0 Å². The lowest BCUT2D eigenvalue weighted by Gasteiger charge is -2.36. The van der Waals surface area contributed by atoms with Crippen LogP contribution in [0.25, 0.3) is 11.3 Å². The highest BCUT2D eigenvalue weighted by molar-refractivity contribution is 6.12. The number of hydrogen-bond donors (Lipinski definition) is 1. The van der Waals surface area contributed by atoms with E-state index in [1.165, 1.54) is 35.2 Å². The molecule has 0 saturated carbocycles. The van der Waals surface area contributed by atoms with Crippen molar-refractivity contribution in [1.82, 2.24) is 14.5 Å². The molecule has 4 heterocycles. The molecule has 0 radical (unpaired) electrons. The van der Waals surface area contributed by atoms with E-state index in [1.54, 1.807) is 47.8 Å². The van der Waals surface area contributed by atoms with E-state index in [9.17, 15) is 23.5 Å².